The Morgan fingerprint density at radius 1 is 1.10 bits per heavy atom. The van der Waals surface area contributed by atoms with Gasteiger partial charge in [0.05, 0.1) is 28.2 Å². The lowest BCUT2D eigenvalue weighted by Crippen LogP contribution is -2.38. The highest BCUT2D eigenvalue weighted by Gasteiger charge is 2.23. The molecule has 0 bridgehead atoms. The molecule has 1 atom stereocenters. The molecule has 0 saturated carbocycles. The molecule has 2 rings (SSSR count). The molecular formula is C20H24ClN3O4S. The van der Waals surface area contributed by atoms with Gasteiger partial charge in [-0.1, -0.05) is 42.8 Å². The number of nitrogens with zero attached hydrogens (tertiary/aromatic N) is 1. The van der Waals surface area contributed by atoms with E-state index in [9.17, 15) is 18.0 Å². The number of hydrogen-bond donors (Lipinski definition) is 2. The average molecular weight is 438 g/mol. The minimum Gasteiger partial charge on any atom is -0.350 e. The summed E-state index contributed by atoms with van der Waals surface area (Å²) in [5.74, 6) is -0.916. The second-order valence-electron chi connectivity index (χ2n) is 6.60. The summed E-state index contributed by atoms with van der Waals surface area (Å²) in [4.78, 5) is 25.1. The Morgan fingerprint density at radius 2 is 1.72 bits per heavy atom. The van der Waals surface area contributed by atoms with Gasteiger partial charge in [0.25, 0.3) is 5.91 Å². The topological polar surface area (TPSA) is 95.6 Å². The van der Waals surface area contributed by atoms with E-state index in [-0.39, 0.29) is 22.7 Å². The lowest BCUT2D eigenvalue weighted by atomic mass is 10.1. The SMILES string of the molecule is CC[C@@H](C)NC(=O)c1ccccc1NC(=O)CN(c1ccccc1Cl)S(C)(=O)=O. The predicted octanol–water partition coefficient (Wildman–Crippen LogP) is 3.27. The van der Waals surface area contributed by atoms with Gasteiger partial charge < -0.3 is 10.6 Å². The molecule has 29 heavy (non-hydrogen) atoms. The molecule has 2 amide bonds. The normalized spacial score (nSPS) is 12.1. The number of carbonyl (C=O) groups excluding carboxylic acids is 2. The highest BCUT2D eigenvalue weighted by atomic mass is 35.5. The summed E-state index contributed by atoms with van der Waals surface area (Å²) in [6.45, 7) is 3.35. The molecule has 0 radical (unpaired) electrons. The molecule has 9 heteroatoms. The summed E-state index contributed by atoms with van der Waals surface area (Å²) < 4.78 is 25.4. The van der Waals surface area contributed by atoms with Crippen LogP contribution < -0.4 is 14.9 Å². The van der Waals surface area contributed by atoms with Gasteiger partial charge >= 0.3 is 0 Å². The molecule has 0 heterocycles. The van der Waals surface area contributed by atoms with E-state index in [2.05, 4.69) is 10.6 Å². The zero-order valence-corrected chi connectivity index (χ0v) is 18.0. The predicted molar refractivity (Wildman–Crippen MR) is 116 cm³/mol. The summed E-state index contributed by atoms with van der Waals surface area (Å²) in [6, 6.07) is 12.9. The van der Waals surface area contributed by atoms with Crippen LogP contribution in [0.15, 0.2) is 48.5 Å². The van der Waals surface area contributed by atoms with E-state index in [1.54, 1.807) is 42.5 Å². The third kappa shape index (κ3) is 6.20. The van der Waals surface area contributed by atoms with Gasteiger partial charge in [0.1, 0.15) is 6.54 Å². The van der Waals surface area contributed by atoms with Crippen molar-refractivity contribution in [2.45, 2.75) is 26.3 Å². The first-order valence-electron chi connectivity index (χ1n) is 9.05. The van der Waals surface area contributed by atoms with Crippen LogP contribution in [0.2, 0.25) is 5.02 Å². The van der Waals surface area contributed by atoms with Gasteiger partial charge in [-0.2, -0.15) is 0 Å². The van der Waals surface area contributed by atoms with Crippen LogP contribution in [0.5, 0.6) is 0 Å². The first-order valence-corrected chi connectivity index (χ1v) is 11.3. The molecule has 0 aliphatic heterocycles. The van der Waals surface area contributed by atoms with Crippen molar-refractivity contribution >= 4 is 44.8 Å². The van der Waals surface area contributed by atoms with Crippen LogP contribution in [-0.4, -0.2) is 39.1 Å². The zero-order chi connectivity index (χ0) is 21.6. The van der Waals surface area contributed by atoms with Gasteiger partial charge in [0, 0.05) is 6.04 Å². The van der Waals surface area contributed by atoms with Crippen LogP contribution in [-0.2, 0) is 14.8 Å². The van der Waals surface area contributed by atoms with Gasteiger partial charge in [0.2, 0.25) is 15.9 Å². The molecule has 2 aromatic rings. The van der Waals surface area contributed by atoms with E-state index in [1.807, 2.05) is 13.8 Å². The lowest BCUT2D eigenvalue weighted by molar-refractivity contribution is -0.114. The number of benzene rings is 2. The minimum absolute atomic E-state index is 0.0211. The minimum atomic E-state index is -3.76. The van der Waals surface area contributed by atoms with Crippen molar-refractivity contribution in [3.8, 4) is 0 Å². The number of sulfonamides is 1. The summed E-state index contributed by atoms with van der Waals surface area (Å²) in [5.41, 5.74) is 0.797. The van der Waals surface area contributed by atoms with Crippen molar-refractivity contribution in [3.63, 3.8) is 0 Å². The first-order chi connectivity index (χ1) is 13.6. The smallest absolute Gasteiger partial charge is 0.253 e. The monoisotopic (exact) mass is 437 g/mol. The standard InChI is InChI=1S/C20H24ClN3O4S/c1-4-14(2)22-20(26)15-9-5-7-11-17(15)23-19(25)13-24(29(3,27)28)18-12-8-6-10-16(18)21/h5-12,14H,4,13H2,1-3H3,(H,22,26)(H,23,25)/t14-/m1/s1. The molecule has 7 nitrogen and oxygen atoms in total. The van der Waals surface area contributed by atoms with Crippen molar-refractivity contribution < 1.29 is 18.0 Å². The molecule has 0 aliphatic carbocycles. The number of para-hydroxylation sites is 2. The third-order valence-electron chi connectivity index (χ3n) is 4.24. The summed E-state index contributed by atoms with van der Waals surface area (Å²) in [7, 11) is -3.76. The maximum Gasteiger partial charge on any atom is 0.253 e. The second kappa shape index (κ2) is 9.76. The number of halogens is 1. The maximum atomic E-state index is 12.6. The number of nitrogens with one attached hydrogen (secondary N) is 2. The van der Waals surface area contributed by atoms with E-state index >= 15 is 0 Å². The van der Waals surface area contributed by atoms with E-state index in [1.165, 1.54) is 6.07 Å². The number of carbonyl (C=O) groups is 2. The summed E-state index contributed by atoms with van der Waals surface area (Å²) in [6.07, 6.45) is 1.76. The number of rotatable bonds is 8. The Hall–Kier alpha value is -2.58. The number of amides is 2. The highest BCUT2D eigenvalue weighted by Crippen LogP contribution is 2.27. The molecule has 2 aromatic carbocycles. The first kappa shape index (κ1) is 22.7. The average Bonchev–Trinajstić information content (AvgIpc) is 2.66. The Bertz CT molecular complexity index is 995. The van der Waals surface area contributed by atoms with E-state index in [4.69, 9.17) is 11.6 Å². The Balaban J connectivity index is 2.24. The molecule has 0 aliphatic rings. The fourth-order valence-corrected chi connectivity index (χ4v) is 3.71. The van der Waals surface area contributed by atoms with E-state index in [0.717, 1.165) is 17.0 Å². The largest absolute Gasteiger partial charge is 0.350 e. The van der Waals surface area contributed by atoms with Crippen LogP contribution >= 0.6 is 11.6 Å². The van der Waals surface area contributed by atoms with Gasteiger partial charge in [-0.3, -0.25) is 13.9 Å². The molecule has 0 spiro atoms. The van der Waals surface area contributed by atoms with Gasteiger partial charge in [-0.05, 0) is 37.6 Å². The van der Waals surface area contributed by atoms with Crippen molar-refractivity contribution in [1.82, 2.24) is 5.32 Å². The van der Waals surface area contributed by atoms with E-state index < -0.39 is 22.5 Å². The Morgan fingerprint density at radius 3 is 2.34 bits per heavy atom. The van der Waals surface area contributed by atoms with Crippen LogP contribution in [0.1, 0.15) is 30.6 Å². The fraction of sp³-hybridized carbons (Fsp3) is 0.300. The van der Waals surface area contributed by atoms with Gasteiger partial charge in [-0.25, -0.2) is 8.42 Å². The summed E-state index contributed by atoms with van der Waals surface area (Å²) >= 11 is 6.11. The molecular weight excluding hydrogens is 414 g/mol. The fourth-order valence-electron chi connectivity index (χ4n) is 2.55. The molecule has 0 fully saturated rings. The van der Waals surface area contributed by atoms with Gasteiger partial charge in [-0.15, -0.1) is 0 Å². The Kier molecular flexibility index (Phi) is 7.64. The van der Waals surface area contributed by atoms with Crippen LogP contribution in [0.3, 0.4) is 0 Å². The molecule has 156 valence electrons. The van der Waals surface area contributed by atoms with Crippen molar-refractivity contribution in [2.24, 2.45) is 0 Å². The number of anilines is 2. The van der Waals surface area contributed by atoms with Crippen LogP contribution in [0.25, 0.3) is 0 Å². The quantitative estimate of drug-likeness (QED) is 0.662. The molecule has 0 unspecified atom stereocenters. The highest BCUT2D eigenvalue weighted by molar-refractivity contribution is 7.92. The zero-order valence-electron chi connectivity index (χ0n) is 16.5. The molecule has 0 aromatic heterocycles. The van der Waals surface area contributed by atoms with Crippen molar-refractivity contribution in [3.05, 3.63) is 59.1 Å². The van der Waals surface area contributed by atoms with Crippen LogP contribution in [0.4, 0.5) is 11.4 Å². The van der Waals surface area contributed by atoms with Gasteiger partial charge in [0.15, 0.2) is 0 Å². The maximum absolute atomic E-state index is 12.6. The molecule has 2 N–H and O–H groups in total. The van der Waals surface area contributed by atoms with Crippen LogP contribution in [0, 0.1) is 0 Å². The van der Waals surface area contributed by atoms with Crippen molar-refractivity contribution in [2.75, 3.05) is 22.4 Å². The third-order valence-corrected chi connectivity index (χ3v) is 5.69. The summed E-state index contributed by atoms with van der Waals surface area (Å²) in [5, 5.41) is 5.68. The second-order valence-corrected chi connectivity index (χ2v) is 8.91. The van der Waals surface area contributed by atoms with Crippen molar-refractivity contribution in [1.29, 1.82) is 0 Å². The lowest BCUT2D eigenvalue weighted by Gasteiger charge is -2.23. The molecule has 0 saturated heterocycles. The van der Waals surface area contributed by atoms with E-state index in [0.29, 0.717) is 11.3 Å². The number of hydrogen-bond acceptors (Lipinski definition) is 4. The Labute approximate surface area is 176 Å².